The lowest BCUT2D eigenvalue weighted by molar-refractivity contribution is -0.121. The van der Waals surface area contributed by atoms with Crippen LogP contribution in [0.1, 0.15) is 5.56 Å². The monoisotopic (exact) mass is 235 g/mol. The molecule has 1 heterocycles. The molecule has 1 aliphatic heterocycles. The Labute approximate surface area is 98.0 Å². The molecule has 0 radical (unpaired) electrons. The van der Waals surface area contributed by atoms with Crippen LogP contribution in [0, 0.1) is 0 Å². The molecule has 1 aliphatic rings. The number of rotatable bonds is 1. The maximum atomic E-state index is 11.7. The SMILES string of the molecule is CN1C(=O)C(=Cc2ccccc2)SC1=S. The van der Waals surface area contributed by atoms with Gasteiger partial charge in [-0.1, -0.05) is 54.3 Å². The third-order valence-corrected chi connectivity index (χ3v) is 3.57. The quantitative estimate of drug-likeness (QED) is 0.551. The van der Waals surface area contributed by atoms with E-state index in [4.69, 9.17) is 12.2 Å². The number of thiocarbonyl (C=S) groups is 1. The number of likely N-dealkylation sites (N-methyl/N-ethyl adjacent to an activating group) is 1. The van der Waals surface area contributed by atoms with Gasteiger partial charge in [0, 0.05) is 7.05 Å². The van der Waals surface area contributed by atoms with E-state index in [1.54, 1.807) is 7.05 Å². The number of hydrogen-bond acceptors (Lipinski definition) is 3. The minimum atomic E-state index is -0.0196. The van der Waals surface area contributed by atoms with Gasteiger partial charge in [0.05, 0.1) is 4.91 Å². The molecule has 1 aromatic carbocycles. The maximum Gasteiger partial charge on any atom is 0.265 e. The van der Waals surface area contributed by atoms with Crippen molar-refractivity contribution >= 4 is 40.3 Å². The van der Waals surface area contributed by atoms with Crippen molar-refractivity contribution in [3.8, 4) is 0 Å². The molecule has 0 aliphatic carbocycles. The first-order chi connectivity index (χ1) is 7.18. The van der Waals surface area contributed by atoms with E-state index >= 15 is 0 Å². The van der Waals surface area contributed by atoms with Crippen LogP contribution in [0.15, 0.2) is 35.2 Å². The second kappa shape index (κ2) is 4.16. The summed E-state index contributed by atoms with van der Waals surface area (Å²) in [7, 11) is 1.70. The van der Waals surface area contributed by atoms with Crippen molar-refractivity contribution in [1.29, 1.82) is 0 Å². The number of thioether (sulfide) groups is 1. The Morgan fingerprint density at radius 2 is 2.00 bits per heavy atom. The van der Waals surface area contributed by atoms with Crippen molar-refractivity contribution < 1.29 is 4.79 Å². The average Bonchev–Trinajstić information content (AvgIpc) is 2.48. The molecule has 0 saturated carbocycles. The van der Waals surface area contributed by atoms with Crippen LogP contribution in [-0.2, 0) is 4.79 Å². The van der Waals surface area contributed by atoms with Gasteiger partial charge in [0.1, 0.15) is 4.32 Å². The topological polar surface area (TPSA) is 20.3 Å². The predicted molar refractivity (Wildman–Crippen MR) is 67.4 cm³/mol. The van der Waals surface area contributed by atoms with Crippen molar-refractivity contribution in [1.82, 2.24) is 4.90 Å². The van der Waals surface area contributed by atoms with Gasteiger partial charge in [-0.2, -0.15) is 0 Å². The van der Waals surface area contributed by atoms with Gasteiger partial charge < -0.3 is 0 Å². The molecule has 2 rings (SSSR count). The van der Waals surface area contributed by atoms with Crippen molar-refractivity contribution in [2.45, 2.75) is 0 Å². The van der Waals surface area contributed by atoms with E-state index in [9.17, 15) is 4.79 Å². The van der Waals surface area contributed by atoms with E-state index in [0.717, 1.165) is 5.56 Å². The Hall–Kier alpha value is -1.13. The summed E-state index contributed by atoms with van der Waals surface area (Å²) in [4.78, 5) is 13.9. The molecule has 2 nitrogen and oxygen atoms in total. The lowest BCUT2D eigenvalue weighted by atomic mass is 10.2. The van der Waals surface area contributed by atoms with Crippen molar-refractivity contribution in [2.75, 3.05) is 7.05 Å². The summed E-state index contributed by atoms with van der Waals surface area (Å²) in [6, 6.07) is 9.75. The number of nitrogens with zero attached hydrogens (tertiary/aromatic N) is 1. The molecule has 0 aromatic heterocycles. The first-order valence-corrected chi connectivity index (χ1v) is 5.67. The molecule has 76 valence electrons. The first-order valence-electron chi connectivity index (χ1n) is 4.45. The molecule has 0 atom stereocenters. The summed E-state index contributed by atoms with van der Waals surface area (Å²) in [5, 5.41) is 0. The number of carbonyl (C=O) groups is 1. The minimum absolute atomic E-state index is 0.0196. The molecule has 0 spiro atoms. The Morgan fingerprint density at radius 3 is 2.53 bits per heavy atom. The molecule has 1 saturated heterocycles. The maximum absolute atomic E-state index is 11.7. The van der Waals surface area contributed by atoms with Crippen molar-refractivity contribution in [3.63, 3.8) is 0 Å². The highest BCUT2D eigenvalue weighted by molar-refractivity contribution is 8.26. The number of carbonyl (C=O) groups excluding carboxylic acids is 1. The van der Waals surface area contributed by atoms with Crippen LogP contribution < -0.4 is 0 Å². The molecule has 1 fully saturated rings. The van der Waals surface area contributed by atoms with E-state index in [-0.39, 0.29) is 5.91 Å². The molecule has 15 heavy (non-hydrogen) atoms. The Bertz CT molecular complexity index is 439. The van der Waals surface area contributed by atoms with E-state index in [1.807, 2.05) is 36.4 Å². The zero-order chi connectivity index (χ0) is 10.8. The Kier molecular flexibility index (Phi) is 2.88. The smallest absolute Gasteiger partial charge is 0.265 e. The normalized spacial score (nSPS) is 19.0. The first kappa shape index (κ1) is 10.4. The van der Waals surface area contributed by atoms with Gasteiger partial charge in [-0.25, -0.2) is 0 Å². The van der Waals surface area contributed by atoms with Crippen LogP contribution in [0.2, 0.25) is 0 Å². The fourth-order valence-corrected chi connectivity index (χ4v) is 2.43. The highest BCUT2D eigenvalue weighted by Crippen LogP contribution is 2.31. The molecular formula is C11H9NOS2. The third-order valence-electron chi connectivity index (χ3n) is 2.08. The second-order valence-corrected chi connectivity index (χ2v) is 4.83. The van der Waals surface area contributed by atoms with E-state index < -0.39 is 0 Å². The molecule has 1 amide bonds. The van der Waals surface area contributed by atoms with Gasteiger partial charge in [0.15, 0.2) is 0 Å². The van der Waals surface area contributed by atoms with Crippen LogP contribution >= 0.6 is 24.0 Å². The summed E-state index contributed by atoms with van der Waals surface area (Å²) >= 11 is 6.38. The Balaban J connectivity index is 2.30. The minimum Gasteiger partial charge on any atom is -0.296 e. The zero-order valence-electron chi connectivity index (χ0n) is 8.14. The molecule has 4 heteroatoms. The van der Waals surface area contributed by atoms with Crippen LogP contribution in [0.3, 0.4) is 0 Å². The fourth-order valence-electron chi connectivity index (χ4n) is 1.25. The molecule has 0 unspecified atom stereocenters. The number of hydrogen-bond donors (Lipinski definition) is 0. The van der Waals surface area contributed by atoms with Gasteiger partial charge in [-0.3, -0.25) is 9.69 Å². The lowest BCUT2D eigenvalue weighted by Gasteiger charge is -2.03. The molecule has 0 bridgehead atoms. The van der Waals surface area contributed by atoms with Crippen LogP contribution in [0.5, 0.6) is 0 Å². The second-order valence-electron chi connectivity index (χ2n) is 3.15. The standard InChI is InChI=1S/C11H9NOS2/c1-12-10(13)9(15-11(12)14)7-8-5-3-2-4-6-8/h2-7H,1H3. The van der Waals surface area contributed by atoms with Crippen LogP contribution in [0.4, 0.5) is 0 Å². The van der Waals surface area contributed by atoms with E-state index in [0.29, 0.717) is 9.23 Å². The highest BCUT2D eigenvalue weighted by Gasteiger charge is 2.28. The van der Waals surface area contributed by atoms with E-state index in [2.05, 4.69) is 0 Å². The highest BCUT2D eigenvalue weighted by atomic mass is 32.2. The largest absolute Gasteiger partial charge is 0.296 e. The number of amides is 1. The summed E-state index contributed by atoms with van der Waals surface area (Å²) in [6.45, 7) is 0. The molecule has 0 N–H and O–H groups in total. The zero-order valence-corrected chi connectivity index (χ0v) is 9.77. The summed E-state index contributed by atoms with van der Waals surface area (Å²) in [5.41, 5.74) is 1.02. The van der Waals surface area contributed by atoms with Crippen molar-refractivity contribution in [2.24, 2.45) is 0 Å². The van der Waals surface area contributed by atoms with Gasteiger partial charge >= 0.3 is 0 Å². The third kappa shape index (κ3) is 2.11. The van der Waals surface area contributed by atoms with Gasteiger partial charge in [-0.05, 0) is 11.6 Å². The molecule has 1 aromatic rings. The van der Waals surface area contributed by atoms with Crippen molar-refractivity contribution in [3.05, 3.63) is 40.8 Å². The molecular weight excluding hydrogens is 226 g/mol. The van der Waals surface area contributed by atoms with Gasteiger partial charge in [0.25, 0.3) is 5.91 Å². The predicted octanol–water partition coefficient (Wildman–Crippen LogP) is 2.52. The number of benzene rings is 1. The van der Waals surface area contributed by atoms with Crippen LogP contribution in [0.25, 0.3) is 6.08 Å². The fraction of sp³-hybridized carbons (Fsp3) is 0.0909. The lowest BCUT2D eigenvalue weighted by Crippen LogP contribution is -2.22. The van der Waals surface area contributed by atoms with Gasteiger partial charge in [-0.15, -0.1) is 0 Å². The summed E-state index contributed by atoms with van der Waals surface area (Å²) < 4.78 is 0.613. The summed E-state index contributed by atoms with van der Waals surface area (Å²) in [6.07, 6.45) is 1.86. The Morgan fingerprint density at radius 1 is 1.33 bits per heavy atom. The van der Waals surface area contributed by atoms with Crippen LogP contribution in [-0.4, -0.2) is 22.2 Å². The van der Waals surface area contributed by atoms with Gasteiger partial charge in [0.2, 0.25) is 0 Å². The van der Waals surface area contributed by atoms with E-state index in [1.165, 1.54) is 16.7 Å². The average molecular weight is 235 g/mol. The summed E-state index contributed by atoms with van der Waals surface area (Å²) in [5.74, 6) is -0.0196.